The van der Waals surface area contributed by atoms with Crippen molar-refractivity contribution in [3.05, 3.63) is 29.3 Å². The first kappa shape index (κ1) is 23.6. The number of alkyl halides is 6. The number of hydrogen-bond donors (Lipinski definition) is 0. The summed E-state index contributed by atoms with van der Waals surface area (Å²) in [5.41, 5.74) is -3.05. The minimum atomic E-state index is -5.01. The molecule has 0 aromatic heterocycles. The third-order valence-corrected chi connectivity index (χ3v) is 7.07. The molecule has 2 aliphatic rings. The van der Waals surface area contributed by atoms with Crippen LogP contribution in [-0.2, 0) is 27.0 Å². The van der Waals surface area contributed by atoms with Crippen LogP contribution in [0, 0.1) is 0 Å². The molecule has 1 unspecified atom stereocenters. The van der Waals surface area contributed by atoms with Gasteiger partial charge in [-0.05, 0) is 24.6 Å². The van der Waals surface area contributed by atoms with Gasteiger partial charge < -0.3 is 9.64 Å². The molecule has 0 radical (unpaired) electrons. The number of halogens is 6. The molecule has 1 amide bonds. The molecule has 31 heavy (non-hydrogen) atoms. The Kier molecular flexibility index (Phi) is 6.47. The molecule has 0 saturated carbocycles. The summed E-state index contributed by atoms with van der Waals surface area (Å²) in [5, 5.41) is 0. The molecule has 3 rings (SSSR count). The fourth-order valence-electron chi connectivity index (χ4n) is 3.65. The summed E-state index contributed by atoms with van der Waals surface area (Å²) in [5.74, 6) is -1.09. The van der Waals surface area contributed by atoms with E-state index in [1.165, 1.54) is 4.90 Å². The number of piperazine rings is 1. The fourth-order valence-corrected chi connectivity index (χ4v) is 5.41. The first-order chi connectivity index (χ1) is 14.2. The molecule has 2 aliphatic heterocycles. The summed E-state index contributed by atoms with van der Waals surface area (Å²) >= 11 is 0. The third-order valence-electron chi connectivity index (χ3n) is 5.32. The summed E-state index contributed by atoms with van der Waals surface area (Å²) in [6, 6.07) is 0.712. The van der Waals surface area contributed by atoms with Crippen molar-refractivity contribution in [2.24, 2.45) is 0 Å². The van der Waals surface area contributed by atoms with E-state index in [0.29, 0.717) is 31.6 Å². The van der Waals surface area contributed by atoms with E-state index in [1.807, 2.05) is 4.90 Å². The molecular formula is C18H20F6N2O4S. The number of hydrogen-bond acceptors (Lipinski definition) is 5. The van der Waals surface area contributed by atoms with Gasteiger partial charge in [0.1, 0.15) is 5.75 Å². The molecule has 174 valence electrons. The van der Waals surface area contributed by atoms with Gasteiger partial charge in [0.25, 0.3) is 5.91 Å². The average Bonchev–Trinajstić information content (AvgIpc) is 3.04. The monoisotopic (exact) mass is 474 g/mol. The van der Waals surface area contributed by atoms with Gasteiger partial charge in [-0.1, -0.05) is 0 Å². The van der Waals surface area contributed by atoms with Gasteiger partial charge in [-0.25, -0.2) is 8.42 Å². The summed E-state index contributed by atoms with van der Waals surface area (Å²) in [6.45, 7) is 0.655. The Balaban J connectivity index is 1.59. The van der Waals surface area contributed by atoms with E-state index in [0.717, 1.165) is 0 Å². The van der Waals surface area contributed by atoms with Crippen LogP contribution in [0.1, 0.15) is 17.5 Å². The zero-order valence-electron chi connectivity index (χ0n) is 16.2. The Morgan fingerprint density at radius 3 is 1.97 bits per heavy atom. The molecule has 0 bridgehead atoms. The average molecular weight is 474 g/mol. The summed E-state index contributed by atoms with van der Waals surface area (Å²) in [6.07, 6.45) is -9.49. The molecule has 6 nitrogen and oxygen atoms in total. The second kappa shape index (κ2) is 8.49. The lowest BCUT2D eigenvalue weighted by Gasteiger charge is -2.37. The standard InChI is InChI=1S/C18H20F6N2O4S/c19-17(20,21)12-7-13(18(22,23)24)9-15(8-12)30-10-16(27)26-4-2-25(3-5-26)14-1-6-31(28,29)11-14/h7-9,14H,1-6,10-11H2. The Morgan fingerprint density at radius 2 is 1.52 bits per heavy atom. The lowest BCUT2D eigenvalue weighted by atomic mass is 10.1. The number of carbonyl (C=O) groups excluding carboxylic acids is 1. The molecule has 0 N–H and O–H groups in total. The van der Waals surface area contributed by atoms with Crippen LogP contribution in [0.2, 0.25) is 0 Å². The van der Waals surface area contributed by atoms with Gasteiger partial charge in [-0.15, -0.1) is 0 Å². The summed E-state index contributed by atoms with van der Waals surface area (Å²) < 4.78 is 106. The predicted molar refractivity (Wildman–Crippen MR) is 97.2 cm³/mol. The second-order valence-corrected chi connectivity index (χ2v) is 9.73. The number of benzene rings is 1. The maximum atomic E-state index is 12.9. The quantitative estimate of drug-likeness (QED) is 0.628. The molecule has 2 saturated heterocycles. The molecule has 1 atom stereocenters. The van der Waals surface area contributed by atoms with Crippen molar-refractivity contribution in [2.45, 2.75) is 24.8 Å². The molecule has 0 aliphatic carbocycles. The SMILES string of the molecule is O=C(COc1cc(C(F)(F)F)cc(C(F)(F)F)c1)N1CCN(C2CCS(=O)(=O)C2)CC1. The van der Waals surface area contributed by atoms with E-state index < -0.39 is 51.6 Å². The first-order valence-electron chi connectivity index (χ1n) is 9.39. The third kappa shape index (κ3) is 6.03. The van der Waals surface area contributed by atoms with Crippen LogP contribution in [0.25, 0.3) is 0 Å². The van der Waals surface area contributed by atoms with Crippen LogP contribution in [0.4, 0.5) is 26.3 Å². The van der Waals surface area contributed by atoms with Gasteiger partial charge in [0.05, 0.1) is 22.6 Å². The Bertz CT molecular complexity index is 892. The van der Waals surface area contributed by atoms with Gasteiger partial charge in [0.15, 0.2) is 16.4 Å². The number of amides is 1. The van der Waals surface area contributed by atoms with Crippen LogP contribution in [0.15, 0.2) is 18.2 Å². The van der Waals surface area contributed by atoms with Gasteiger partial charge in [-0.3, -0.25) is 9.69 Å². The largest absolute Gasteiger partial charge is 0.484 e. The summed E-state index contributed by atoms with van der Waals surface area (Å²) in [4.78, 5) is 15.7. The van der Waals surface area contributed by atoms with Crippen LogP contribution in [-0.4, -0.2) is 74.5 Å². The van der Waals surface area contributed by atoms with Gasteiger partial charge in [0.2, 0.25) is 0 Å². The van der Waals surface area contributed by atoms with Gasteiger partial charge in [0, 0.05) is 32.2 Å². The normalized spacial score (nSPS) is 22.5. The Morgan fingerprint density at radius 1 is 0.968 bits per heavy atom. The number of carbonyl (C=O) groups is 1. The lowest BCUT2D eigenvalue weighted by Crippen LogP contribution is -2.53. The fraction of sp³-hybridized carbons (Fsp3) is 0.611. The van der Waals surface area contributed by atoms with Crippen LogP contribution >= 0.6 is 0 Å². The Labute approximate surface area is 174 Å². The second-order valence-electron chi connectivity index (χ2n) is 7.50. The van der Waals surface area contributed by atoms with Crippen LogP contribution in [0.3, 0.4) is 0 Å². The van der Waals surface area contributed by atoms with E-state index >= 15 is 0 Å². The van der Waals surface area contributed by atoms with Crippen molar-refractivity contribution >= 4 is 15.7 Å². The molecule has 0 spiro atoms. The number of rotatable bonds is 4. The van der Waals surface area contributed by atoms with Gasteiger partial charge >= 0.3 is 12.4 Å². The predicted octanol–water partition coefficient (Wildman–Crippen LogP) is 2.43. The number of sulfone groups is 1. The highest BCUT2D eigenvalue weighted by Crippen LogP contribution is 2.38. The lowest BCUT2D eigenvalue weighted by molar-refractivity contribution is -0.143. The molecule has 2 fully saturated rings. The molecule has 1 aromatic carbocycles. The highest BCUT2D eigenvalue weighted by Gasteiger charge is 2.38. The van der Waals surface area contributed by atoms with E-state index in [4.69, 9.17) is 4.74 Å². The minimum absolute atomic E-state index is 0.0167. The van der Waals surface area contributed by atoms with Crippen molar-refractivity contribution in [3.63, 3.8) is 0 Å². The molecular weight excluding hydrogens is 454 g/mol. The summed E-state index contributed by atoms with van der Waals surface area (Å²) in [7, 11) is -3.04. The van der Waals surface area contributed by atoms with Crippen molar-refractivity contribution in [2.75, 3.05) is 44.3 Å². The molecule has 13 heteroatoms. The van der Waals surface area contributed by atoms with Crippen LogP contribution in [0.5, 0.6) is 5.75 Å². The molecule has 1 aromatic rings. The van der Waals surface area contributed by atoms with E-state index in [9.17, 15) is 39.6 Å². The van der Waals surface area contributed by atoms with E-state index in [1.54, 1.807) is 0 Å². The van der Waals surface area contributed by atoms with Crippen molar-refractivity contribution in [1.82, 2.24) is 9.80 Å². The van der Waals surface area contributed by atoms with Crippen molar-refractivity contribution in [1.29, 1.82) is 0 Å². The molecule has 2 heterocycles. The van der Waals surface area contributed by atoms with Gasteiger partial charge in [-0.2, -0.15) is 26.3 Å². The van der Waals surface area contributed by atoms with E-state index in [2.05, 4.69) is 0 Å². The highest BCUT2D eigenvalue weighted by atomic mass is 32.2. The Hall–Kier alpha value is -2.02. The van der Waals surface area contributed by atoms with Crippen LogP contribution < -0.4 is 4.74 Å². The first-order valence-corrected chi connectivity index (χ1v) is 11.2. The topological polar surface area (TPSA) is 66.9 Å². The van der Waals surface area contributed by atoms with Crippen molar-refractivity contribution < 1.29 is 44.3 Å². The maximum Gasteiger partial charge on any atom is 0.416 e. The minimum Gasteiger partial charge on any atom is -0.484 e. The smallest absolute Gasteiger partial charge is 0.416 e. The van der Waals surface area contributed by atoms with E-state index in [-0.39, 0.29) is 36.7 Å². The number of ether oxygens (including phenoxy) is 1. The number of nitrogens with zero attached hydrogens (tertiary/aromatic N) is 2. The zero-order chi connectivity index (χ0) is 23.0. The van der Waals surface area contributed by atoms with Crippen molar-refractivity contribution in [3.8, 4) is 5.75 Å². The highest BCUT2D eigenvalue weighted by molar-refractivity contribution is 7.91. The maximum absolute atomic E-state index is 12.9. The zero-order valence-corrected chi connectivity index (χ0v) is 17.0.